The highest BCUT2D eigenvalue weighted by molar-refractivity contribution is 7.16. The van der Waals surface area contributed by atoms with E-state index in [0.29, 0.717) is 11.8 Å². The molecule has 0 saturated carbocycles. The van der Waals surface area contributed by atoms with Gasteiger partial charge in [0.2, 0.25) is 5.95 Å². The van der Waals surface area contributed by atoms with Crippen molar-refractivity contribution in [2.24, 2.45) is 0 Å². The van der Waals surface area contributed by atoms with Crippen LogP contribution in [0.2, 0.25) is 0 Å². The van der Waals surface area contributed by atoms with Crippen molar-refractivity contribution in [2.45, 2.75) is 0 Å². The molecule has 0 amide bonds. The summed E-state index contributed by atoms with van der Waals surface area (Å²) in [5.41, 5.74) is 4.68. The van der Waals surface area contributed by atoms with Crippen molar-refractivity contribution in [2.75, 3.05) is 5.32 Å². The average Bonchev–Trinajstić information content (AvgIpc) is 3.04. The van der Waals surface area contributed by atoms with Gasteiger partial charge in [0.15, 0.2) is 0 Å². The van der Waals surface area contributed by atoms with E-state index in [1.54, 1.807) is 29.8 Å². The van der Waals surface area contributed by atoms with Crippen molar-refractivity contribution in [3.8, 4) is 11.3 Å². The first kappa shape index (κ1) is 12.8. The van der Waals surface area contributed by atoms with Gasteiger partial charge >= 0.3 is 0 Å². The maximum atomic E-state index is 4.53. The quantitative estimate of drug-likeness (QED) is 0.625. The molecule has 1 radical (unpaired) electrons. The lowest BCUT2D eigenvalue weighted by atomic mass is 10.1. The van der Waals surface area contributed by atoms with Gasteiger partial charge in [-0.2, -0.15) is 0 Å². The number of anilines is 2. The molecule has 1 aromatic carbocycles. The molecule has 4 rings (SSSR count). The van der Waals surface area contributed by atoms with Gasteiger partial charge in [-0.3, -0.25) is 0 Å². The molecule has 1 N–H and O–H groups in total. The topological polar surface area (TPSA) is 63.6 Å². The van der Waals surface area contributed by atoms with E-state index >= 15 is 0 Å². The molecule has 0 atom stereocenters. The van der Waals surface area contributed by atoms with E-state index in [9.17, 15) is 0 Å². The van der Waals surface area contributed by atoms with E-state index in [4.69, 9.17) is 0 Å². The normalized spacial score (nSPS) is 10.7. The zero-order chi connectivity index (χ0) is 14.8. The summed E-state index contributed by atoms with van der Waals surface area (Å²) >= 11 is 1.63. The fraction of sp³-hybridized carbons (Fsp3) is 0. The van der Waals surface area contributed by atoms with Crippen molar-refractivity contribution in [1.29, 1.82) is 0 Å². The van der Waals surface area contributed by atoms with Gasteiger partial charge in [-0.25, -0.2) is 19.9 Å². The average molecular weight is 304 g/mol. The Morgan fingerprint density at radius 1 is 1.05 bits per heavy atom. The summed E-state index contributed by atoms with van der Waals surface area (Å²) < 4.78 is 1.17. The number of nitrogens with one attached hydrogen (secondary N) is 1. The summed E-state index contributed by atoms with van der Waals surface area (Å²) in [6.45, 7) is 0. The maximum Gasteiger partial charge on any atom is 0.228 e. The van der Waals surface area contributed by atoms with E-state index in [2.05, 4.69) is 37.4 Å². The van der Waals surface area contributed by atoms with Crippen LogP contribution in [0, 0.1) is 6.07 Å². The third-order valence-corrected chi connectivity index (χ3v) is 3.95. The van der Waals surface area contributed by atoms with Crippen molar-refractivity contribution < 1.29 is 0 Å². The Morgan fingerprint density at radius 3 is 2.95 bits per heavy atom. The monoisotopic (exact) mass is 304 g/mol. The molecule has 3 aromatic heterocycles. The third kappa shape index (κ3) is 2.51. The van der Waals surface area contributed by atoms with Gasteiger partial charge < -0.3 is 5.32 Å². The van der Waals surface area contributed by atoms with Gasteiger partial charge in [0.25, 0.3) is 0 Å². The van der Waals surface area contributed by atoms with Crippen LogP contribution in [0.3, 0.4) is 0 Å². The molecule has 22 heavy (non-hydrogen) atoms. The molecule has 5 nitrogen and oxygen atoms in total. The minimum absolute atomic E-state index is 0.509. The van der Waals surface area contributed by atoms with E-state index in [0.717, 1.165) is 16.8 Å². The summed E-state index contributed by atoms with van der Waals surface area (Å²) in [5, 5.41) is 3.08. The molecule has 105 valence electrons. The van der Waals surface area contributed by atoms with Gasteiger partial charge in [-0.1, -0.05) is 6.07 Å². The lowest BCUT2D eigenvalue weighted by Gasteiger charge is -2.05. The standard InChI is InChI=1S/C16H10N5S/c1-2-7-17-15(3-1)21-16-18-8-6-12(20-16)11-4-5-14-13(9-11)19-10-22-14/h1,3-10H,(H,17,18,20,21). The Bertz CT molecular complexity index is 920. The molecule has 0 spiro atoms. The number of hydrogen-bond donors (Lipinski definition) is 1. The van der Waals surface area contributed by atoms with Crippen LogP contribution in [-0.2, 0) is 0 Å². The second kappa shape index (κ2) is 5.50. The van der Waals surface area contributed by atoms with Crippen LogP contribution in [0.15, 0.2) is 54.3 Å². The van der Waals surface area contributed by atoms with Crippen LogP contribution in [0.4, 0.5) is 11.8 Å². The highest BCUT2D eigenvalue weighted by atomic mass is 32.1. The third-order valence-electron chi connectivity index (χ3n) is 3.14. The van der Waals surface area contributed by atoms with Crippen molar-refractivity contribution >= 4 is 33.3 Å². The minimum atomic E-state index is 0.509. The van der Waals surface area contributed by atoms with Gasteiger partial charge in [0, 0.05) is 24.0 Å². The summed E-state index contributed by atoms with van der Waals surface area (Å²) in [6.07, 6.45) is 3.33. The number of fused-ring (bicyclic) bond motifs is 1. The second-order valence-corrected chi connectivity index (χ2v) is 5.46. The highest BCUT2D eigenvalue weighted by Gasteiger charge is 2.05. The van der Waals surface area contributed by atoms with E-state index in [1.807, 2.05) is 29.8 Å². The number of benzene rings is 1. The van der Waals surface area contributed by atoms with Crippen molar-refractivity contribution in [3.05, 3.63) is 60.4 Å². The Labute approximate surface area is 130 Å². The first-order valence-corrected chi connectivity index (χ1v) is 7.52. The Balaban J connectivity index is 1.69. The Hall–Kier alpha value is -2.86. The summed E-state index contributed by atoms with van der Waals surface area (Å²) in [5.74, 6) is 1.19. The molecule has 0 aliphatic heterocycles. The lowest BCUT2D eigenvalue weighted by molar-refractivity contribution is 1.15. The number of nitrogens with zero attached hydrogens (tertiary/aromatic N) is 4. The number of rotatable bonds is 3. The molecule has 0 unspecified atom stereocenters. The molecular formula is C16H10N5S. The van der Waals surface area contributed by atoms with Gasteiger partial charge in [0.1, 0.15) is 5.82 Å². The first-order chi connectivity index (χ1) is 10.9. The smallest absolute Gasteiger partial charge is 0.228 e. The van der Waals surface area contributed by atoms with Crippen LogP contribution < -0.4 is 5.32 Å². The van der Waals surface area contributed by atoms with E-state index in [-0.39, 0.29) is 0 Å². The van der Waals surface area contributed by atoms with Crippen LogP contribution in [0.5, 0.6) is 0 Å². The zero-order valence-electron chi connectivity index (χ0n) is 11.4. The molecule has 4 aromatic rings. The number of aromatic nitrogens is 4. The SMILES string of the molecule is [c]1ccc(Nc2nccc(-c3ccc4scnc4c3)n2)nc1. The van der Waals surface area contributed by atoms with E-state index < -0.39 is 0 Å². The number of hydrogen-bond acceptors (Lipinski definition) is 6. The Kier molecular flexibility index (Phi) is 3.21. The first-order valence-electron chi connectivity index (χ1n) is 6.64. The Morgan fingerprint density at radius 2 is 2.05 bits per heavy atom. The predicted molar refractivity (Wildman–Crippen MR) is 87.0 cm³/mol. The van der Waals surface area contributed by atoms with Crippen molar-refractivity contribution in [3.63, 3.8) is 0 Å². The largest absolute Gasteiger partial charge is 0.309 e. The molecular weight excluding hydrogens is 294 g/mol. The summed E-state index contributed by atoms with van der Waals surface area (Å²) in [7, 11) is 0. The fourth-order valence-electron chi connectivity index (χ4n) is 2.11. The van der Waals surface area contributed by atoms with Crippen LogP contribution in [0.25, 0.3) is 21.5 Å². The van der Waals surface area contributed by atoms with E-state index in [1.165, 1.54) is 4.70 Å². The van der Waals surface area contributed by atoms with Crippen molar-refractivity contribution in [1.82, 2.24) is 19.9 Å². The zero-order valence-corrected chi connectivity index (χ0v) is 12.2. The lowest BCUT2D eigenvalue weighted by Crippen LogP contribution is -1.99. The minimum Gasteiger partial charge on any atom is -0.309 e. The summed E-state index contributed by atoms with van der Waals surface area (Å²) in [6, 6.07) is 14.5. The van der Waals surface area contributed by atoms with Gasteiger partial charge in [-0.15, -0.1) is 11.3 Å². The maximum absolute atomic E-state index is 4.53. The summed E-state index contributed by atoms with van der Waals surface area (Å²) in [4.78, 5) is 17.3. The van der Waals surface area contributed by atoms with Crippen LogP contribution in [0.1, 0.15) is 0 Å². The van der Waals surface area contributed by atoms with Gasteiger partial charge in [0.05, 0.1) is 21.4 Å². The molecule has 0 bridgehead atoms. The molecule has 3 heterocycles. The molecule has 6 heteroatoms. The van der Waals surface area contributed by atoms with Crippen LogP contribution in [-0.4, -0.2) is 19.9 Å². The van der Waals surface area contributed by atoms with Gasteiger partial charge in [-0.05, 0) is 30.3 Å². The fourth-order valence-corrected chi connectivity index (χ4v) is 2.76. The number of pyridine rings is 1. The second-order valence-electron chi connectivity index (χ2n) is 4.57. The molecule has 0 aliphatic rings. The molecule has 0 saturated heterocycles. The predicted octanol–water partition coefficient (Wildman–Crippen LogP) is 3.69. The molecule has 0 fully saturated rings. The number of thiazole rings is 1. The van der Waals surface area contributed by atoms with Crippen LogP contribution >= 0.6 is 11.3 Å². The highest BCUT2D eigenvalue weighted by Crippen LogP contribution is 2.25. The molecule has 0 aliphatic carbocycles.